The topological polar surface area (TPSA) is 27.1 Å². The van der Waals surface area contributed by atoms with Crippen molar-refractivity contribution in [2.75, 3.05) is 6.61 Å². The minimum atomic E-state index is -0.467. The number of nitrogens with zero attached hydrogens (tertiary/aromatic N) is 2. The molecule has 0 spiro atoms. The van der Waals surface area contributed by atoms with E-state index in [1.54, 1.807) is 16.9 Å². The molecule has 17 heavy (non-hydrogen) atoms. The zero-order valence-corrected chi connectivity index (χ0v) is 10.1. The van der Waals surface area contributed by atoms with Crippen LogP contribution in [0.4, 0.5) is 4.39 Å². The Labute approximate surface area is 104 Å². The lowest BCUT2D eigenvalue weighted by molar-refractivity contribution is 0.320. The van der Waals surface area contributed by atoms with Crippen molar-refractivity contribution in [3.8, 4) is 5.75 Å². The molecular weight excluding hydrogens is 243 g/mol. The predicted molar refractivity (Wildman–Crippen MR) is 63.8 cm³/mol. The maximum absolute atomic E-state index is 13.1. The van der Waals surface area contributed by atoms with E-state index in [0.29, 0.717) is 12.4 Å². The van der Waals surface area contributed by atoms with Crippen molar-refractivity contribution in [1.82, 2.24) is 9.78 Å². The summed E-state index contributed by atoms with van der Waals surface area (Å²) in [6.45, 7) is 0.479. The fourth-order valence-corrected chi connectivity index (χ4v) is 1.57. The summed E-state index contributed by atoms with van der Waals surface area (Å²) in [7, 11) is 1.86. The van der Waals surface area contributed by atoms with Crippen molar-refractivity contribution >= 4 is 11.6 Å². The third-order valence-corrected chi connectivity index (χ3v) is 2.62. The van der Waals surface area contributed by atoms with E-state index < -0.39 is 5.82 Å². The van der Waals surface area contributed by atoms with E-state index in [4.69, 9.17) is 16.3 Å². The molecule has 2 aromatic rings. The maximum atomic E-state index is 13.1. The van der Waals surface area contributed by atoms with E-state index in [1.165, 1.54) is 12.1 Å². The molecular formula is C12H12ClFN2O. The molecule has 3 nitrogen and oxygen atoms in total. The highest BCUT2D eigenvalue weighted by atomic mass is 35.5. The molecule has 2 rings (SSSR count). The van der Waals surface area contributed by atoms with Gasteiger partial charge in [0.05, 0.1) is 17.8 Å². The number of halogens is 2. The number of benzene rings is 1. The number of hydrogen-bond donors (Lipinski definition) is 0. The fraction of sp³-hybridized carbons (Fsp3) is 0.250. The van der Waals surface area contributed by atoms with E-state index >= 15 is 0 Å². The van der Waals surface area contributed by atoms with Crippen LogP contribution in [0, 0.1) is 5.82 Å². The second kappa shape index (κ2) is 5.19. The molecule has 0 atom stereocenters. The van der Waals surface area contributed by atoms with Crippen molar-refractivity contribution in [1.29, 1.82) is 0 Å². The largest absolute Gasteiger partial charge is 0.493 e. The molecule has 0 unspecified atom stereocenters. The first-order valence-corrected chi connectivity index (χ1v) is 5.58. The zero-order valence-electron chi connectivity index (χ0n) is 9.36. The van der Waals surface area contributed by atoms with Gasteiger partial charge in [0.1, 0.15) is 11.6 Å². The Bertz CT molecular complexity index is 513. The molecule has 1 aromatic carbocycles. The average molecular weight is 255 g/mol. The Kier molecular flexibility index (Phi) is 3.64. The molecule has 0 aliphatic rings. The van der Waals surface area contributed by atoms with Gasteiger partial charge in [0.25, 0.3) is 0 Å². The monoisotopic (exact) mass is 254 g/mol. The molecule has 0 radical (unpaired) electrons. The molecule has 1 heterocycles. The van der Waals surface area contributed by atoms with Crippen molar-refractivity contribution < 1.29 is 9.13 Å². The molecule has 1 aromatic heterocycles. The van der Waals surface area contributed by atoms with E-state index in [9.17, 15) is 4.39 Å². The van der Waals surface area contributed by atoms with Crippen molar-refractivity contribution in [2.24, 2.45) is 7.05 Å². The van der Waals surface area contributed by atoms with Crippen molar-refractivity contribution in [3.63, 3.8) is 0 Å². The van der Waals surface area contributed by atoms with Gasteiger partial charge in [0.2, 0.25) is 0 Å². The Hall–Kier alpha value is -1.55. The van der Waals surface area contributed by atoms with Gasteiger partial charge in [-0.2, -0.15) is 5.10 Å². The average Bonchev–Trinajstić information content (AvgIpc) is 2.70. The number of aryl methyl sites for hydroxylation is 1. The van der Waals surface area contributed by atoms with Crippen LogP contribution in [0.25, 0.3) is 0 Å². The summed E-state index contributed by atoms with van der Waals surface area (Å²) in [5.74, 6) is 0.0151. The van der Waals surface area contributed by atoms with E-state index in [1.807, 2.05) is 13.2 Å². The van der Waals surface area contributed by atoms with Gasteiger partial charge >= 0.3 is 0 Å². The van der Waals surface area contributed by atoms with Crippen LogP contribution in [0.3, 0.4) is 0 Å². The molecule has 90 valence electrons. The summed E-state index contributed by atoms with van der Waals surface area (Å²) >= 11 is 5.57. The maximum Gasteiger partial charge on any atom is 0.145 e. The van der Waals surface area contributed by atoms with Crippen LogP contribution in [-0.4, -0.2) is 16.4 Å². The normalized spacial score (nSPS) is 10.5. The SMILES string of the molecule is Cn1cc(CCOc2ccc(Cl)c(F)c2)cn1. The molecule has 0 aliphatic carbocycles. The third-order valence-electron chi connectivity index (χ3n) is 2.31. The first kappa shape index (κ1) is 11.9. The van der Waals surface area contributed by atoms with Gasteiger partial charge in [0.15, 0.2) is 0 Å². The smallest absolute Gasteiger partial charge is 0.145 e. The van der Waals surface area contributed by atoms with Gasteiger partial charge in [-0.15, -0.1) is 0 Å². The zero-order chi connectivity index (χ0) is 12.3. The number of hydrogen-bond acceptors (Lipinski definition) is 2. The summed E-state index contributed by atoms with van der Waals surface area (Å²) in [4.78, 5) is 0. The summed E-state index contributed by atoms with van der Waals surface area (Å²) in [6.07, 6.45) is 4.44. The molecule has 0 fully saturated rings. The minimum Gasteiger partial charge on any atom is -0.493 e. The predicted octanol–water partition coefficient (Wildman–Crippen LogP) is 2.83. The second-order valence-electron chi connectivity index (χ2n) is 3.70. The first-order chi connectivity index (χ1) is 8.15. The van der Waals surface area contributed by atoms with Crippen LogP contribution in [0.15, 0.2) is 30.6 Å². The molecule has 0 N–H and O–H groups in total. The fourth-order valence-electron chi connectivity index (χ4n) is 1.45. The van der Waals surface area contributed by atoms with Gasteiger partial charge < -0.3 is 4.74 Å². The molecule has 0 aliphatic heterocycles. The number of aromatic nitrogens is 2. The van der Waals surface area contributed by atoms with Gasteiger partial charge in [-0.25, -0.2) is 4.39 Å². The lowest BCUT2D eigenvalue weighted by Crippen LogP contribution is -2.01. The Morgan fingerprint density at radius 2 is 2.29 bits per heavy atom. The summed E-state index contributed by atoms with van der Waals surface area (Å²) < 4.78 is 20.3. The van der Waals surface area contributed by atoms with Gasteiger partial charge in [-0.3, -0.25) is 4.68 Å². The molecule has 0 bridgehead atoms. The summed E-state index contributed by atoms with van der Waals surface area (Å²) in [6, 6.07) is 4.41. The minimum absolute atomic E-state index is 0.101. The van der Waals surface area contributed by atoms with Gasteiger partial charge in [-0.05, 0) is 17.7 Å². The van der Waals surface area contributed by atoms with Crippen LogP contribution in [0.5, 0.6) is 5.75 Å². The van der Waals surface area contributed by atoms with Crippen LogP contribution < -0.4 is 4.74 Å². The van der Waals surface area contributed by atoms with Crippen LogP contribution >= 0.6 is 11.6 Å². The molecule has 0 saturated heterocycles. The van der Waals surface area contributed by atoms with Crippen LogP contribution in [-0.2, 0) is 13.5 Å². The second-order valence-corrected chi connectivity index (χ2v) is 4.10. The molecule has 0 amide bonds. The van der Waals surface area contributed by atoms with E-state index in [0.717, 1.165) is 12.0 Å². The Balaban J connectivity index is 1.87. The van der Waals surface area contributed by atoms with Gasteiger partial charge in [0, 0.05) is 25.7 Å². The lowest BCUT2D eigenvalue weighted by atomic mass is 10.3. The molecule has 0 saturated carbocycles. The summed E-state index contributed by atoms with van der Waals surface area (Å²) in [5, 5.41) is 4.15. The highest BCUT2D eigenvalue weighted by Gasteiger charge is 2.02. The number of ether oxygens (including phenoxy) is 1. The van der Waals surface area contributed by atoms with Crippen LogP contribution in [0.1, 0.15) is 5.56 Å². The lowest BCUT2D eigenvalue weighted by Gasteiger charge is -2.05. The highest BCUT2D eigenvalue weighted by Crippen LogP contribution is 2.20. The number of rotatable bonds is 4. The standard InChI is InChI=1S/C12H12ClFN2O/c1-16-8-9(7-15-16)4-5-17-10-2-3-11(13)12(14)6-10/h2-3,6-8H,4-5H2,1H3. The third kappa shape index (κ3) is 3.20. The van der Waals surface area contributed by atoms with Gasteiger partial charge in [-0.1, -0.05) is 11.6 Å². The van der Waals surface area contributed by atoms with E-state index in [2.05, 4.69) is 5.10 Å². The Morgan fingerprint density at radius 1 is 1.47 bits per heavy atom. The quantitative estimate of drug-likeness (QED) is 0.839. The molecule has 5 heteroatoms. The Morgan fingerprint density at radius 3 is 2.94 bits per heavy atom. The summed E-state index contributed by atoms with van der Waals surface area (Å²) in [5.41, 5.74) is 1.09. The highest BCUT2D eigenvalue weighted by molar-refractivity contribution is 6.30. The van der Waals surface area contributed by atoms with Crippen LogP contribution in [0.2, 0.25) is 5.02 Å². The first-order valence-electron chi connectivity index (χ1n) is 5.20. The van der Waals surface area contributed by atoms with E-state index in [-0.39, 0.29) is 5.02 Å². The van der Waals surface area contributed by atoms with Crippen molar-refractivity contribution in [3.05, 3.63) is 47.0 Å². The van der Waals surface area contributed by atoms with Crippen molar-refractivity contribution in [2.45, 2.75) is 6.42 Å².